The van der Waals surface area contributed by atoms with Crippen molar-refractivity contribution in [1.29, 1.82) is 5.26 Å². The lowest BCUT2D eigenvalue weighted by Gasteiger charge is -2.31. The molecule has 0 spiro atoms. The van der Waals surface area contributed by atoms with Crippen LogP contribution in [0, 0.1) is 31.1 Å². The van der Waals surface area contributed by atoms with Gasteiger partial charge in [-0.25, -0.2) is 22.9 Å². The molecule has 0 bridgehead atoms. The van der Waals surface area contributed by atoms with Crippen LogP contribution in [0.1, 0.15) is 23.7 Å². The van der Waals surface area contributed by atoms with E-state index in [1.807, 2.05) is 10.8 Å². The molecule has 0 aliphatic heterocycles. The predicted octanol–water partition coefficient (Wildman–Crippen LogP) is 1.61. The highest BCUT2D eigenvalue weighted by atomic mass is 32.2. The molecule has 1 heterocycles. The van der Waals surface area contributed by atoms with Crippen LogP contribution in [0.5, 0.6) is 0 Å². The molecule has 142 valence electrons. The number of nitriles is 1. The first-order valence-corrected chi connectivity index (χ1v) is 9.30. The topological polar surface area (TPSA) is 149 Å². The van der Waals surface area contributed by atoms with Crippen LogP contribution in [0.25, 0.3) is 0 Å². The van der Waals surface area contributed by atoms with E-state index in [9.17, 15) is 28.4 Å². The zero-order valence-electron chi connectivity index (χ0n) is 14.8. The van der Waals surface area contributed by atoms with Gasteiger partial charge in [0.25, 0.3) is 0 Å². The number of aromatic nitrogens is 1. The minimum Gasteiger partial charge on any atom is -0.481 e. The lowest BCUT2D eigenvalue weighted by Crippen LogP contribution is -2.52. The maximum absolute atomic E-state index is 12.7. The van der Waals surface area contributed by atoms with E-state index in [0.717, 1.165) is 0 Å². The van der Waals surface area contributed by atoms with Gasteiger partial charge in [-0.05, 0) is 32.4 Å². The van der Waals surface area contributed by atoms with Gasteiger partial charge in [0, 0.05) is 5.69 Å². The van der Waals surface area contributed by atoms with Gasteiger partial charge in [-0.1, -0.05) is 24.3 Å². The Bertz CT molecular complexity index is 1010. The maximum Gasteiger partial charge on any atom is 0.334 e. The fourth-order valence-corrected chi connectivity index (χ4v) is 4.02. The number of rotatable bonds is 4. The molecule has 0 aromatic carbocycles. The molecule has 1 aliphatic rings. The molecule has 10 heteroatoms. The van der Waals surface area contributed by atoms with Crippen LogP contribution < -0.4 is 10.0 Å². The number of aliphatic carboxylic acids is 1. The first-order valence-electron chi connectivity index (χ1n) is 7.82. The number of amides is 2. The van der Waals surface area contributed by atoms with Crippen molar-refractivity contribution in [3.05, 3.63) is 47.2 Å². The number of pyridine rings is 1. The first kappa shape index (κ1) is 20.1. The van der Waals surface area contributed by atoms with E-state index < -0.39 is 32.7 Å². The quantitative estimate of drug-likeness (QED) is 0.707. The molecular weight excluding hydrogens is 372 g/mol. The molecule has 2 unspecified atom stereocenters. The average molecular weight is 390 g/mol. The molecule has 2 rings (SSSR count). The van der Waals surface area contributed by atoms with E-state index in [0.29, 0.717) is 11.3 Å². The predicted molar refractivity (Wildman–Crippen MR) is 97.3 cm³/mol. The second-order valence-electron chi connectivity index (χ2n) is 6.22. The van der Waals surface area contributed by atoms with Crippen LogP contribution in [0.3, 0.4) is 0 Å². The number of hydrogen-bond donors (Lipinski definition) is 3. The smallest absolute Gasteiger partial charge is 0.334 e. The summed E-state index contributed by atoms with van der Waals surface area (Å²) in [5.74, 6) is -2.80. The molecule has 0 saturated heterocycles. The summed E-state index contributed by atoms with van der Waals surface area (Å²) in [6.07, 6.45) is 5.26. The Balaban J connectivity index is 2.30. The van der Waals surface area contributed by atoms with Crippen molar-refractivity contribution in [3.63, 3.8) is 0 Å². The third-order valence-electron chi connectivity index (χ3n) is 4.22. The van der Waals surface area contributed by atoms with E-state index in [-0.39, 0.29) is 11.4 Å². The molecule has 27 heavy (non-hydrogen) atoms. The second-order valence-corrected chi connectivity index (χ2v) is 8.31. The Kier molecular flexibility index (Phi) is 5.37. The SMILES string of the molecule is Cc1cc(C)c(C#N)c(NC(=O)NS(=O)(=O)C2(C)C=CC=CC2C(=O)O)n1. The Hall–Kier alpha value is -3.19. The van der Waals surface area contributed by atoms with Crippen molar-refractivity contribution < 1.29 is 23.1 Å². The van der Waals surface area contributed by atoms with E-state index in [2.05, 4.69) is 10.3 Å². The van der Waals surface area contributed by atoms with E-state index in [4.69, 9.17) is 0 Å². The van der Waals surface area contributed by atoms with Gasteiger partial charge in [0.1, 0.15) is 10.8 Å². The van der Waals surface area contributed by atoms with Crippen LogP contribution in [-0.4, -0.2) is 35.3 Å². The number of sulfonamides is 1. The van der Waals surface area contributed by atoms with Crippen LogP contribution in [-0.2, 0) is 14.8 Å². The van der Waals surface area contributed by atoms with Gasteiger partial charge in [0.15, 0.2) is 5.82 Å². The minimum atomic E-state index is -4.43. The second kappa shape index (κ2) is 7.20. The summed E-state index contributed by atoms with van der Waals surface area (Å²) in [7, 11) is -4.43. The molecule has 2 atom stereocenters. The summed E-state index contributed by atoms with van der Waals surface area (Å²) >= 11 is 0. The van der Waals surface area contributed by atoms with E-state index in [1.54, 1.807) is 19.9 Å². The van der Waals surface area contributed by atoms with Crippen molar-refractivity contribution >= 4 is 27.8 Å². The summed E-state index contributed by atoms with van der Waals surface area (Å²) in [6.45, 7) is 4.52. The van der Waals surface area contributed by atoms with Crippen LogP contribution >= 0.6 is 0 Å². The zero-order chi connectivity index (χ0) is 20.4. The van der Waals surface area contributed by atoms with Gasteiger partial charge >= 0.3 is 12.0 Å². The van der Waals surface area contributed by atoms with Crippen LogP contribution in [0.4, 0.5) is 10.6 Å². The Morgan fingerprint density at radius 1 is 1.33 bits per heavy atom. The van der Waals surface area contributed by atoms with Crippen LogP contribution in [0.15, 0.2) is 30.4 Å². The molecule has 1 aromatic heterocycles. The summed E-state index contributed by atoms with van der Waals surface area (Å²) < 4.78 is 25.3. The van der Waals surface area contributed by atoms with E-state index in [1.165, 1.54) is 31.2 Å². The standard InChI is InChI=1S/C17H18N4O5S/c1-10-8-11(2)19-14(12(10)9-18)20-16(24)21-27(25,26)17(3)7-5-4-6-13(17)15(22)23/h4-8,13H,1-3H3,(H,22,23)(H2,19,20,21,24). The summed E-state index contributed by atoms with van der Waals surface area (Å²) in [6, 6.07) is 2.41. The number of carbonyl (C=O) groups is 2. The number of aryl methyl sites for hydroxylation is 2. The molecule has 3 N–H and O–H groups in total. The molecule has 2 amide bonds. The minimum absolute atomic E-state index is 0.0817. The van der Waals surface area contributed by atoms with Gasteiger partial charge in [-0.15, -0.1) is 0 Å². The normalized spacial score (nSPS) is 21.3. The summed E-state index contributed by atoms with van der Waals surface area (Å²) in [4.78, 5) is 27.7. The van der Waals surface area contributed by atoms with Crippen molar-refractivity contribution in [2.45, 2.75) is 25.5 Å². The Labute approximate surface area is 156 Å². The van der Waals surface area contributed by atoms with Crippen LogP contribution in [0.2, 0.25) is 0 Å². The monoisotopic (exact) mass is 390 g/mol. The van der Waals surface area contributed by atoms with Crippen molar-refractivity contribution in [1.82, 2.24) is 9.71 Å². The number of nitrogens with one attached hydrogen (secondary N) is 2. The van der Waals surface area contributed by atoms with Gasteiger partial charge in [0.05, 0.1) is 11.5 Å². The van der Waals surface area contributed by atoms with E-state index >= 15 is 0 Å². The number of carboxylic acid groups (broad SMARTS) is 1. The molecule has 1 aliphatic carbocycles. The largest absolute Gasteiger partial charge is 0.481 e. The maximum atomic E-state index is 12.7. The Morgan fingerprint density at radius 2 is 2.00 bits per heavy atom. The first-order chi connectivity index (χ1) is 12.5. The fourth-order valence-electron chi connectivity index (χ4n) is 2.73. The molecule has 1 aromatic rings. The molecule has 0 saturated carbocycles. The number of carboxylic acids is 1. The van der Waals surface area contributed by atoms with Crippen molar-refractivity contribution in [2.24, 2.45) is 5.92 Å². The average Bonchev–Trinajstić information content (AvgIpc) is 2.53. The number of allylic oxidation sites excluding steroid dienone is 2. The summed E-state index contributed by atoms with van der Waals surface area (Å²) in [5, 5.41) is 20.8. The molecule has 0 fully saturated rings. The van der Waals surface area contributed by atoms with Crippen molar-refractivity contribution in [3.8, 4) is 6.07 Å². The van der Waals surface area contributed by atoms with Gasteiger partial charge in [-0.3, -0.25) is 10.1 Å². The highest BCUT2D eigenvalue weighted by Crippen LogP contribution is 2.32. The molecule has 9 nitrogen and oxygen atoms in total. The fraction of sp³-hybridized carbons (Fsp3) is 0.294. The number of hydrogen-bond acceptors (Lipinski definition) is 6. The molecular formula is C17H18N4O5S. The number of carbonyl (C=O) groups excluding carboxylic acids is 1. The lowest BCUT2D eigenvalue weighted by atomic mass is 9.89. The highest BCUT2D eigenvalue weighted by Gasteiger charge is 2.48. The number of urea groups is 1. The van der Waals surface area contributed by atoms with Gasteiger partial charge in [-0.2, -0.15) is 5.26 Å². The van der Waals surface area contributed by atoms with Crippen molar-refractivity contribution in [2.75, 3.05) is 5.32 Å². The lowest BCUT2D eigenvalue weighted by molar-refractivity contribution is -0.140. The molecule has 0 radical (unpaired) electrons. The number of nitrogens with zero attached hydrogens (tertiary/aromatic N) is 2. The third kappa shape index (κ3) is 3.83. The number of anilines is 1. The highest BCUT2D eigenvalue weighted by molar-refractivity contribution is 7.91. The van der Waals surface area contributed by atoms with Gasteiger partial charge < -0.3 is 5.11 Å². The Morgan fingerprint density at radius 3 is 2.59 bits per heavy atom. The summed E-state index contributed by atoms with van der Waals surface area (Å²) in [5.41, 5.74) is 1.20. The zero-order valence-corrected chi connectivity index (χ0v) is 15.7. The van der Waals surface area contributed by atoms with Gasteiger partial charge in [0.2, 0.25) is 10.0 Å². The third-order valence-corrected chi connectivity index (χ3v) is 6.22.